The lowest BCUT2D eigenvalue weighted by molar-refractivity contribution is 0.0700. The largest absolute Gasteiger partial charge is 0.312 e. The Morgan fingerprint density at radius 2 is 1.95 bits per heavy atom. The van der Waals surface area contributed by atoms with E-state index in [1.54, 1.807) is 0 Å². The zero-order chi connectivity index (χ0) is 15.7. The van der Waals surface area contributed by atoms with Crippen molar-refractivity contribution in [2.45, 2.75) is 65.5 Å². The van der Waals surface area contributed by atoms with Gasteiger partial charge in [0.1, 0.15) is 0 Å². The molecule has 120 valence electrons. The van der Waals surface area contributed by atoms with Crippen molar-refractivity contribution in [2.75, 3.05) is 19.6 Å². The van der Waals surface area contributed by atoms with E-state index in [-0.39, 0.29) is 5.54 Å². The summed E-state index contributed by atoms with van der Waals surface area (Å²) in [5.74, 6) is 0. The van der Waals surface area contributed by atoms with Crippen LogP contribution in [0.15, 0.2) is 24.5 Å². The Bertz CT molecular complexity index is 375. The summed E-state index contributed by atoms with van der Waals surface area (Å²) >= 11 is 0. The van der Waals surface area contributed by atoms with Gasteiger partial charge in [0.2, 0.25) is 0 Å². The van der Waals surface area contributed by atoms with Gasteiger partial charge >= 0.3 is 0 Å². The van der Waals surface area contributed by atoms with E-state index in [2.05, 4.69) is 55.9 Å². The van der Waals surface area contributed by atoms with Crippen LogP contribution >= 0.6 is 0 Å². The molecule has 2 atom stereocenters. The summed E-state index contributed by atoms with van der Waals surface area (Å²) in [4.78, 5) is 6.86. The van der Waals surface area contributed by atoms with Crippen molar-refractivity contribution in [3.8, 4) is 0 Å². The van der Waals surface area contributed by atoms with Crippen molar-refractivity contribution in [3.05, 3.63) is 30.1 Å². The van der Waals surface area contributed by atoms with Crippen LogP contribution in [0.5, 0.6) is 0 Å². The molecule has 0 aromatic carbocycles. The first kappa shape index (κ1) is 18.1. The van der Waals surface area contributed by atoms with Gasteiger partial charge in [-0.25, -0.2) is 0 Å². The van der Waals surface area contributed by atoms with Crippen molar-refractivity contribution >= 4 is 0 Å². The number of rotatable bonds is 10. The van der Waals surface area contributed by atoms with Crippen LogP contribution in [0, 0.1) is 0 Å². The Morgan fingerprint density at radius 3 is 2.43 bits per heavy atom. The zero-order valence-electron chi connectivity index (χ0n) is 14.5. The van der Waals surface area contributed by atoms with Gasteiger partial charge in [0.15, 0.2) is 0 Å². The Hall–Kier alpha value is -0.930. The smallest absolute Gasteiger partial charge is 0.0334 e. The van der Waals surface area contributed by atoms with Gasteiger partial charge in [-0.15, -0.1) is 0 Å². The minimum absolute atomic E-state index is 0.175. The van der Waals surface area contributed by atoms with Gasteiger partial charge in [-0.05, 0) is 57.5 Å². The molecule has 1 aromatic rings. The lowest BCUT2D eigenvalue weighted by Gasteiger charge is -2.46. The highest BCUT2D eigenvalue weighted by atomic mass is 15.2. The number of nitrogens with one attached hydrogen (secondary N) is 1. The Labute approximate surface area is 131 Å². The van der Waals surface area contributed by atoms with E-state index in [1.807, 2.05) is 18.5 Å². The van der Waals surface area contributed by atoms with Crippen molar-refractivity contribution < 1.29 is 0 Å². The first-order valence-corrected chi connectivity index (χ1v) is 8.49. The zero-order valence-corrected chi connectivity index (χ0v) is 14.5. The fourth-order valence-corrected chi connectivity index (χ4v) is 3.22. The maximum atomic E-state index is 4.27. The molecule has 0 amide bonds. The van der Waals surface area contributed by atoms with Gasteiger partial charge < -0.3 is 5.32 Å². The molecular formula is C18H33N3. The number of nitrogens with zero attached hydrogens (tertiary/aromatic N) is 2. The van der Waals surface area contributed by atoms with E-state index in [9.17, 15) is 0 Å². The quantitative estimate of drug-likeness (QED) is 0.715. The summed E-state index contributed by atoms with van der Waals surface area (Å²) in [6.07, 6.45) is 7.20. The van der Waals surface area contributed by atoms with E-state index >= 15 is 0 Å². The second kappa shape index (κ2) is 9.16. The first-order valence-electron chi connectivity index (χ1n) is 8.49. The number of aromatic nitrogens is 1. The number of likely N-dealkylation sites (N-methyl/N-ethyl adjacent to an activating group) is 1. The number of hydrogen-bond donors (Lipinski definition) is 1. The maximum Gasteiger partial charge on any atom is 0.0334 e. The molecule has 2 unspecified atom stereocenters. The van der Waals surface area contributed by atoms with Crippen molar-refractivity contribution in [2.24, 2.45) is 0 Å². The Balaban J connectivity index is 2.97. The van der Waals surface area contributed by atoms with Gasteiger partial charge in [-0.1, -0.05) is 33.8 Å². The maximum absolute atomic E-state index is 4.27. The molecule has 0 fully saturated rings. The van der Waals surface area contributed by atoms with E-state index in [0.29, 0.717) is 6.04 Å². The summed E-state index contributed by atoms with van der Waals surface area (Å²) in [7, 11) is 0. The SMILES string of the molecule is CCCNC(Cc1cccnc1)C(C)(CC)N(CC)CC. The third kappa shape index (κ3) is 4.79. The van der Waals surface area contributed by atoms with E-state index in [0.717, 1.165) is 32.5 Å². The fourth-order valence-electron chi connectivity index (χ4n) is 3.22. The summed E-state index contributed by atoms with van der Waals surface area (Å²) in [6.45, 7) is 14.7. The van der Waals surface area contributed by atoms with Crippen LogP contribution in [0.25, 0.3) is 0 Å². The van der Waals surface area contributed by atoms with Crippen LogP contribution < -0.4 is 5.32 Å². The average molecular weight is 291 g/mol. The van der Waals surface area contributed by atoms with Crippen LogP contribution in [-0.4, -0.2) is 41.1 Å². The standard InChI is InChI=1S/C18H33N3/c1-6-12-20-17(14-16-11-10-13-19-15-16)18(5,7-2)21(8-3)9-4/h10-11,13,15,17,20H,6-9,12,14H2,1-5H3. The Kier molecular flexibility index (Phi) is 7.91. The average Bonchev–Trinajstić information content (AvgIpc) is 2.53. The van der Waals surface area contributed by atoms with Crippen LogP contribution in [0.1, 0.15) is 53.0 Å². The normalized spacial score (nSPS) is 15.9. The molecule has 0 saturated heterocycles. The van der Waals surface area contributed by atoms with Crippen molar-refractivity contribution in [1.29, 1.82) is 0 Å². The molecule has 0 aliphatic heterocycles. The van der Waals surface area contributed by atoms with Crippen LogP contribution in [0.4, 0.5) is 0 Å². The van der Waals surface area contributed by atoms with E-state index < -0.39 is 0 Å². The lowest BCUT2D eigenvalue weighted by Crippen LogP contribution is -2.60. The van der Waals surface area contributed by atoms with Gasteiger partial charge in [-0.3, -0.25) is 9.88 Å². The summed E-state index contributed by atoms with van der Waals surface area (Å²) in [5, 5.41) is 3.79. The van der Waals surface area contributed by atoms with Crippen molar-refractivity contribution in [1.82, 2.24) is 15.2 Å². The third-order valence-corrected chi connectivity index (χ3v) is 4.76. The predicted molar refractivity (Wildman–Crippen MR) is 91.6 cm³/mol. The molecule has 0 saturated carbocycles. The molecule has 0 aliphatic carbocycles. The molecule has 0 bridgehead atoms. The topological polar surface area (TPSA) is 28.2 Å². The molecule has 0 radical (unpaired) electrons. The highest BCUT2D eigenvalue weighted by Gasteiger charge is 2.36. The number of hydrogen-bond acceptors (Lipinski definition) is 3. The molecule has 1 N–H and O–H groups in total. The van der Waals surface area contributed by atoms with E-state index in [1.165, 1.54) is 12.0 Å². The first-order chi connectivity index (χ1) is 10.1. The fraction of sp³-hybridized carbons (Fsp3) is 0.722. The summed E-state index contributed by atoms with van der Waals surface area (Å²) in [5.41, 5.74) is 1.49. The van der Waals surface area contributed by atoms with Gasteiger partial charge in [0.05, 0.1) is 0 Å². The van der Waals surface area contributed by atoms with E-state index in [4.69, 9.17) is 0 Å². The van der Waals surface area contributed by atoms with Crippen molar-refractivity contribution in [3.63, 3.8) is 0 Å². The molecule has 0 aliphatic rings. The molecule has 1 aromatic heterocycles. The highest BCUT2D eigenvalue weighted by molar-refractivity contribution is 5.13. The van der Waals surface area contributed by atoms with Gasteiger partial charge in [0, 0.05) is 24.0 Å². The minimum Gasteiger partial charge on any atom is -0.312 e. The molecule has 1 rings (SSSR count). The van der Waals surface area contributed by atoms with Crippen LogP contribution in [0.3, 0.4) is 0 Å². The molecule has 3 heteroatoms. The third-order valence-electron chi connectivity index (χ3n) is 4.76. The monoisotopic (exact) mass is 291 g/mol. The second-order valence-electron chi connectivity index (χ2n) is 5.96. The molecular weight excluding hydrogens is 258 g/mol. The molecule has 0 spiro atoms. The van der Waals surface area contributed by atoms with Gasteiger partial charge in [0.25, 0.3) is 0 Å². The summed E-state index contributed by atoms with van der Waals surface area (Å²) < 4.78 is 0. The molecule has 3 nitrogen and oxygen atoms in total. The highest BCUT2D eigenvalue weighted by Crippen LogP contribution is 2.26. The van der Waals surface area contributed by atoms with Crippen LogP contribution in [0.2, 0.25) is 0 Å². The van der Waals surface area contributed by atoms with Crippen LogP contribution in [-0.2, 0) is 6.42 Å². The molecule has 21 heavy (non-hydrogen) atoms. The predicted octanol–water partition coefficient (Wildman–Crippen LogP) is 3.50. The minimum atomic E-state index is 0.175. The lowest BCUT2D eigenvalue weighted by atomic mass is 9.83. The Morgan fingerprint density at radius 1 is 1.24 bits per heavy atom. The summed E-state index contributed by atoms with van der Waals surface area (Å²) in [6, 6.07) is 4.67. The second-order valence-corrected chi connectivity index (χ2v) is 5.96. The molecule has 1 heterocycles. The van der Waals surface area contributed by atoms with Gasteiger partial charge in [-0.2, -0.15) is 0 Å². The number of pyridine rings is 1.